The predicted molar refractivity (Wildman–Crippen MR) is 245 cm³/mol. The van der Waals surface area contributed by atoms with Gasteiger partial charge in [0.15, 0.2) is 17.5 Å². The van der Waals surface area contributed by atoms with Crippen molar-refractivity contribution in [3.63, 3.8) is 0 Å². The summed E-state index contributed by atoms with van der Waals surface area (Å²) in [6.07, 6.45) is 6.98. The van der Waals surface area contributed by atoms with Crippen molar-refractivity contribution in [2.75, 3.05) is 0 Å². The molecule has 5 aliphatic rings. The highest BCUT2D eigenvalue weighted by Gasteiger charge is 2.62. The molecule has 14 rings (SSSR count). The van der Waals surface area contributed by atoms with Gasteiger partial charge < -0.3 is 0 Å². The number of aromatic nitrogens is 3. The fourth-order valence-electron chi connectivity index (χ4n) is 12.6. The van der Waals surface area contributed by atoms with Gasteiger partial charge >= 0.3 is 0 Å². The van der Waals surface area contributed by atoms with Crippen LogP contribution in [0.5, 0.6) is 0 Å². The topological polar surface area (TPSA) is 38.7 Å². The third-order valence-corrected chi connectivity index (χ3v) is 14.8. The second-order valence-corrected chi connectivity index (χ2v) is 18.0. The van der Waals surface area contributed by atoms with Crippen molar-refractivity contribution in [2.24, 2.45) is 23.7 Å². The number of benzene rings is 8. The molecule has 0 aliphatic heterocycles. The minimum atomic E-state index is 0.0939. The van der Waals surface area contributed by atoms with Crippen LogP contribution in [0.1, 0.15) is 43.2 Å². The van der Waals surface area contributed by atoms with Crippen molar-refractivity contribution in [3.05, 3.63) is 187 Å². The number of nitrogens with zero attached hydrogens (tertiary/aromatic N) is 3. The fraction of sp³-hybridized carbons (Fsp3) is 0.175. The third-order valence-electron chi connectivity index (χ3n) is 14.8. The smallest absolute Gasteiger partial charge is 0.164 e. The Bertz CT molecular complexity index is 3080. The summed E-state index contributed by atoms with van der Waals surface area (Å²) in [4.78, 5) is 15.0. The molecule has 60 heavy (non-hydrogen) atoms. The molecule has 1 aromatic heterocycles. The van der Waals surface area contributed by atoms with Crippen LogP contribution in [0.15, 0.2) is 176 Å². The highest BCUT2D eigenvalue weighted by atomic mass is 15.0. The van der Waals surface area contributed by atoms with Crippen LogP contribution in [0.4, 0.5) is 0 Å². The Morgan fingerprint density at radius 1 is 0.350 bits per heavy atom. The van der Waals surface area contributed by atoms with Gasteiger partial charge in [-0.15, -0.1) is 0 Å². The second-order valence-electron chi connectivity index (χ2n) is 18.0. The molecular formula is C57H43N3. The van der Waals surface area contributed by atoms with E-state index in [0.29, 0.717) is 29.3 Å². The van der Waals surface area contributed by atoms with E-state index in [0.717, 1.165) is 34.1 Å². The van der Waals surface area contributed by atoms with Crippen LogP contribution in [-0.4, -0.2) is 15.0 Å². The van der Waals surface area contributed by atoms with Crippen LogP contribution < -0.4 is 0 Å². The Balaban J connectivity index is 0.921. The maximum Gasteiger partial charge on any atom is 0.164 e. The van der Waals surface area contributed by atoms with E-state index >= 15 is 0 Å². The second kappa shape index (κ2) is 13.1. The zero-order valence-corrected chi connectivity index (χ0v) is 33.4. The van der Waals surface area contributed by atoms with Crippen LogP contribution in [0.25, 0.3) is 89.1 Å². The van der Waals surface area contributed by atoms with Crippen LogP contribution in [-0.2, 0) is 5.41 Å². The maximum absolute atomic E-state index is 5.03. The van der Waals surface area contributed by atoms with E-state index in [-0.39, 0.29) is 5.41 Å². The van der Waals surface area contributed by atoms with E-state index in [2.05, 4.69) is 140 Å². The molecule has 1 heterocycles. The van der Waals surface area contributed by atoms with Gasteiger partial charge in [-0.3, -0.25) is 0 Å². The summed E-state index contributed by atoms with van der Waals surface area (Å²) < 4.78 is 0. The van der Waals surface area contributed by atoms with Gasteiger partial charge in [-0.05, 0) is 152 Å². The van der Waals surface area contributed by atoms with Gasteiger partial charge in [-0.1, -0.05) is 146 Å². The Labute approximate surface area is 350 Å². The Hall–Kier alpha value is -6.71. The minimum absolute atomic E-state index is 0.0939. The zero-order chi connectivity index (χ0) is 39.4. The van der Waals surface area contributed by atoms with Crippen LogP contribution >= 0.6 is 0 Å². The summed E-state index contributed by atoms with van der Waals surface area (Å²) in [5.74, 6) is 5.24. The lowest BCUT2D eigenvalue weighted by Crippen LogP contribution is -2.55. The van der Waals surface area contributed by atoms with Gasteiger partial charge in [0.25, 0.3) is 0 Å². The van der Waals surface area contributed by atoms with Gasteiger partial charge in [0, 0.05) is 22.1 Å². The van der Waals surface area contributed by atoms with Gasteiger partial charge in [-0.2, -0.15) is 0 Å². The van der Waals surface area contributed by atoms with Gasteiger partial charge in [0.1, 0.15) is 0 Å². The molecular weight excluding hydrogens is 727 g/mol. The lowest BCUT2D eigenvalue weighted by molar-refractivity contribution is -0.0393. The summed E-state index contributed by atoms with van der Waals surface area (Å²) in [5.41, 5.74) is 14.0. The first-order valence-corrected chi connectivity index (χ1v) is 21.8. The molecule has 0 N–H and O–H groups in total. The third kappa shape index (κ3) is 5.18. The normalized spacial score (nSPS) is 22.1. The first-order valence-electron chi connectivity index (χ1n) is 21.8. The Morgan fingerprint density at radius 3 is 1.47 bits per heavy atom. The average Bonchev–Trinajstić information content (AvgIpc) is 3.61. The SMILES string of the molecule is c1ccc(-c2nc(-c3ccccc3)nc(-c3cccc(-c4cccc(-c5ccc6c(c5)-c5ccc7cc8ccccc8cc7c5C65C6CC7CC(C6)CC5C7)c4)c3)n2)cc1. The average molecular weight is 770 g/mol. The van der Waals surface area contributed by atoms with Gasteiger partial charge in [0.05, 0.1) is 0 Å². The fourth-order valence-corrected chi connectivity index (χ4v) is 12.6. The van der Waals surface area contributed by atoms with E-state index in [1.54, 1.807) is 11.1 Å². The number of fused-ring (bicyclic) bond motifs is 6. The summed E-state index contributed by atoms with van der Waals surface area (Å²) in [5, 5.41) is 5.53. The van der Waals surface area contributed by atoms with Crippen molar-refractivity contribution in [3.8, 4) is 67.5 Å². The standard InChI is InChI=1S/C57H43N3/c1-3-11-37(12-4-1)54-58-55(38-13-5-2-6-14-38)60-56(59-54)46-20-10-19-42(32-46)40-17-9-18-41(30-40)44-22-24-52-51(34-44)49-23-21-45-31-39-15-7-8-16-43(39)33-50(45)53(49)57(52)47-26-35-25-36(28-47)29-48(57)27-35/h1-24,30-36,47-48H,25-29H2. The van der Waals surface area contributed by atoms with Crippen molar-refractivity contribution >= 4 is 21.5 Å². The molecule has 286 valence electrons. The summed E-state index contributed by atoms with van der Waals surface area (Å²) in [6.45, 7) is 0. The monoisotopic (exact) mass is 769 g/mol. The zero-order valence-electron chi connectivity index (χ0n) is 33.4. The molecule has 8 aromatic carbocycles. The van der Waals surface area contributed by atoms with E-state index in [1.807, 2.05) is 36.4 Å². The molecule has 3 heteroatoms. The molecule has 5 aliphatic carbocycles. The van der Waals surface area contributed by atoms with Crippen molar-refractivity contribution < 1.29 is 0 Å². The molecule has 3 nitrogen and oxygen atoms in total. The van der Waals surface area contributed by atoms with Gasteiger partial charge in [-0.25, -0.2) is 15.0 Å². The first kappa shape index (κ1) is 34.2. The molecule has 9 aromatic rings. The number of hydrogen-bond donors (Lipinski definition) is 0. The quantitative estimate of drug-likeness (QED) is 0.164. The van der Waals surface area contributed by atoms with Crippen LogP contribution in [0.2, 0.25) is 0 Å². The predicted octanol–water partition coefficient (Wildman–Crippen LogP) is 14.2. The Kier molecular flexibility index (Phi) is 7.49. The highest BCUT2D eigenvalue weighted by molar-refractivity contribution is 6.05. The molecule has 0 unspecified atom stereocenters. The van der Waals surface area contributed by atoms with E-state index in [1.165, 1.54) is 81.5 Å². The summed E-state index contributed by atoms with van der Waals surface area (Å²) in [6, 6.07) is 64.4. The molecule has 0 saturated heterocycles. The van der Waals surface area contributed by atoms with Crippen molar-refractivity contribution in [1.29, 1.82) is 0 Å². The first-order chi connectivity index (χ1) is 29.7. The maximum atomic E-state index is 5.03. The minimum Gasteiger partial charge on any atom is -0.208 e. The Morgan fingerprint density at radius 2 is 0.850 bits per heavy atom. The van der Waals surface area contributed by atoms with Crippen LogP contribution in [0.3, 0.4) is 0 Å². The number of hydrogen-bond acceptors (Lipinski definition) is 3. The van der Waals surface area contributed by atoms with Gasteiger partial charge in [0.2, 0.25) is 0 Å². The highest BCUT2D eigenvalue weighted by Crippen LogP contribution is 2.70. The molecule has 4 saturated carbocycles. The largest absolute Gasteiger partial charge is 0.208 e. The molecule has 1 spiro atoms. The molecule has 0 radical (unpaired) electrons. The summed E-state index contributed by atoms with van der Waals surface area (Å²) in [7, 11) is 0. The lowest BCUT2D eigenvalue weighted by Gasteiger charge is -2.61. The van der Waals surface area contributed by atoms with Crippen LogP contribution in [0, 0.1) is 23.7 Å². The van der Waals surface area contributed by atoms with E-state index in [9.17, 15) is 0 Å². The lowest BCUT2D eigenvalue weighted by atomic mass is 9.43. The van der Waals surface area contributed by atoms with Crippen molar-refractivity contribution in [2.45, 2.75) is 37.5 Å². The molecule has 4 fully saturated rings. The molecule has 4 bridgehead atoms. The summed E-state index contributed by atoms with van der Waals surface area (Å²) >= 11 is 0. The molecule has 0 atom stereocenters. The van der Waals surface area contributed by atoms with E-state index in [4.69, 9.17) is 15.0 Å². The van der Waals surface area contributed by atoms with Crippen molar-refractivity contribution in [1.82, 2.24) is 15.0 Å². The van der Waals surface area contributed by atoms with E-state index < -0.39 is 0 Å². The number of rotatable bonds is 5. The molecule has 0 amide bonds.